The van der Waals surface area contributed by atoms with Crippen LogP contribution in [0.1, 0.15) is 26.7 Å². The molecule has 0 aliphatic heterocycles. The van der Waals surface area contributed by atoms with E-state index in [-0.39, 0.29) is 0 Å². The molecular formula is C8H19NOS. The van der Waals surface area contributed by atoms with Crippen molar-refractivity contribution in [2.45, 2.75) is 32.7 Å². The van der Waals surface area contributed by atoms with E-state index in [1.165, 1.54) is 0 Å². The van der Waals surface area contributed by atoms with Gasteiger partial charge in [-0.3, -0.25) is 4.21 Å². The predicted molar refractivity (Wildman–Crippen MR) is 51.3 cm³/mol. The third-order valence-electron chi connectivity index (χ3n) is 1.71. The van der Waals surface area contributed by atoms with Gasteiger partial charge in [-0.2, -0.15) is 0 Å². The van der Waals surface area contributed by atoms with Crippen LogP contribution in [0.2, 0.25) is 0 Å². The highest BCUT2D eigenvalue weighted by molar-refractivity contribution is 7.84. The lowest BCUT2D eigenvalue weighted by Gasteiger charge is -2.09. The summed E-state index contributed by atoms with van der Waals surface area (Å²) in [7, 11) is -0.622. The molecule has 1 N–H and O–H groups in total. The van der Waals surface area contributed by atoms with Crippen molar-refractivity contribution >= 4 is 10.8 Å². The Labute approximate surface area is 72.2 Å². The van der Waals surface area contributed by atoms with Gasteiger partial charge in [0.25, 0.3) is 0 Å². The summed E-state index contributed by atoms with van der Waals surface area (Å²) in [6.07, 6.45) is 3.94. The highest BCUT2D eigenvalue weighted by Gasteiger charge is 1.96. The Hall–Kier alpha value is 0.110. The first-order valence-corrected chi connectivity index (χ1v) is 5.93. The van der Waals surface area contributed by atoms with Gasteiger partial charge in [-0.1, -0.05) is 6.92 Å². The standard InChI is InChI=1S/C8H19NOS/c1-4-8(2)9-6-5-7-11(3)10/h8-9H,4-7H2,1-3H3. The van der Waals surface area contributed by atoms with E-state index in [4.69, 9.17) is 0 Å². The third-order valence-corrected chi connectivity index (χ3v) is 2.58. The van der Waals surface area contributed by atoms with Crippen LogP contribution in [-0.2, 0) is 10.8 Å². The molecule has 0 aromatic carbocycles. The quantitative estimate of drug-likeness (QED) is 0.617. The topological polar surface area (TPSA) is 29.1 Å². The Kier molecular flexibility index (Phi) is 6.87. The molecule has 0 amide bonds. The maximum absolute atomic E-state index is 10.6. The van der Waals surface area contributed by atoms with Crippen molar-refractivity contribution in [2.24, 2.45) is 0 Å². The predicted octanol–water partition coefficient (Wildman–Crippen LogP) is 1.14. The Morgan fingerprint density at radius 2 is 2.18 bits per heavy atom. The molecular weight excluding hydrogens is 158 g/mol. The van der Waals surface area contributed by atoms with Crippen molar-refractivity contribution < 1.29 is 4.21 Å². The van der Waals surface area contributed by atoms with Gasteiger partial charge in [-0.15, -0.1) is 0 Å². The summed E-state index contributed by atoms with van der Waals surface area (Å²) >= 11 is 0. The Morgan fingerprint density at radius 3 is 2.64 bits per heavy atom. The average Bonchev–Trinajstić information content (AvgIpc) is 1.97. The maximum Gasteiger partial charge on any atom is 0.0244 e. The van der Waals surface area contributed by atoms with Gasteiger partial charge >= 0.3 is 0 Å². The van der Waals surface area contributed by atoms with E-state index in [0.717, 1.165) is 25.1 Å². The molecule has 0 aliphatic carbocycles. The van der Waals surface area contributed by atoms with Crippen molar-refractivity contribution in [3.63, 3.8) is 0 Å². The highest BCUT2D eigenvalue weighted by atomic mass is 32.2. The lowest BCUT2D eigenvalue weighted by atomic mass is 10.2. The van der Waals surface area contributed by atoms with E-state index in [1.807, 2.05) is 0 Å². The third kappa shape index (κ3) is 8.01. The summed E-state index contributed by atoms with van der Waals surface area (Å²) in [5.41, 5.74) is 0. The van der Waals surface area contributed by atoms with Crippen LogP contribution in [0.3, 0.4) is 0 Å². The van der Waals surface area contributed by atoms with Crippen LogP contribution in [0.25, 0.3) is 0 Å². The average molecular weight is 177 g/mol. The molecule has 11 heavy (non-hydrogen) atoms. The fourth-order valence-corrected chi connectivity index (χ4v) is 1.32. The van der Waals surface area contributed by atoms with Crippen molar-refractivity contribution in [2.75, 3.05) is 18.6 Å². The smallest absolute Gasteiger partial charge is 0.0244 e. The molecule has 0 fully saturated rings. The Bertz CT molecular complexity index is 117. The molecule has 2 unspecified atom stereocenters. The minimum Gasteiger partial charge on any atom is -0.314 e. The fourth-order valence-electron chi connectivity index (χ4n) is 0.768. The maximum atomic E-state index is 10.6. The van der Waals surface area contributed by atoms with E-state index >= 15 is 0 Å². The van der Waals surface area contributed by atoms with E-state index in [2.05, 4.69) is 19.2 Å². The van der Waals surface area contributed by atoms with E-state index < -0.39 is 10.8 Å². The summed E-state index contributed by atoms with van der Waals surface area (Å²) in [6.45, 7) is 5.33. The molecule has 0 radical (unpaired) electrons. The fraction of sp³-hybridized carbons (Fsp3) is 1.00. The Balaban J connectivity index is 3.08. The van der Waals surface area contributed by atoms with Gasteiger partial charge in [0.15, 0.2) is 0 Å². The lowest BCUT2D eigenvalue weighted by molar-refractivity contribution is 0.533. The van der Waals surface area contributed by atoms with E-state index in [9.17, 15) is 4.21 Å². The molecule has 0 aliphatic rings. The van der Waals surface area contributed by atoms with Gasteiger partial charge in [0.2, 0.25) is 0 Å². The second-order valence-corrected chi connectivity index (χ2v) is 4.45. The lowest BCUT2D eigenvalue weighted by Crippen LogP contribution is -2.26. The first kappa shape index (κ1) is 11.1. The van der Waals surface area contributed by atoms with Gasteiger partial charge in [0.1, 0.15) is 0 Å². The van der Waals surface area contributed by atoms with Crippen molar-refractivity contribution in [3.8, 4) is 0 Å². The first-order chi connectivity index (χ1) is 5.16. The van der Waals surface area contributed by atoms with E-state index in [1.54, 1.807) is 6.26 Å². The molecule has 0 rings (SSSR count). The van der Waals surface area contributed by atoms with Gasteiger partial charge in [0, 0.05) is 28.9 Å². The summed E-state index contributed by atoms with van der Waals surface area (Å²) in [5, 5.41) is 3.35. The molecule has 0 saturated heterocycles. The van der Waals surface area contributed by atoms with Crippen LogP contribution in [0.4, 0.5) is 0 Å². The zero-order chi connectivity index (χ0) is 8.69. The number of hydrogen-bond acceptors (Lipinski definition) is 2. The SMILES string of the molecule is CCC(C)NCCCS(C)=O. The summed E-state index contributed by atoms with van der Waals surface area (Å²) < 4.78 is 10.6. The van der Waals surface area contributed by atoms with Crippen molar-refractivity contribution in [3.05, 3.63) is 0 Å². The Morgan fingerprint density at radius 1 is 1.55 bits per heavy atom. The molecule has 0 saturated carbocycles. The second-order valence-electron chi connectivity index (χ2n) is 2.89. The van der Waals surface area contributed by atoms with Gasteiger partial charge in [-0.05, 0) is 26.3 Å². The molecule has 0 bridgehead atoms. The number of rotatable bonds is 6. The van der Waals surface area contributed by atoms with Gasteiger partial charge in [-0.25, -0.2) is 0 Å². The minimum absolute atomic E-state index is 0.597. The molecule has 0 aromatic rings. The van der Waals surface area contributed by atoms with Crippen LogP contribution < -0.4 is 5.32 Å². The molecule has 68 valence electrons. The minimum atomic E-state index is -0.622. The summed E-state index contributed by atoms with van der Waals surface area (Å²) in [4.78, 5) is 0. The summed E-state index contributed by atoms with van der Waals surface area (Å²) in [6, 6.07) is 0.597. The first-order valence-electron chi connectivity index (χ1n) is 4.20. The zero-order valence-electron chi connectivity index (χ0n) is 7.72. The molecule has 0 spiro atoms. The number of nitrogens with one attached hydrogen (secondary N) is 1. The van der Waals surface area contributed by atoms with Crippen LogP contribution in [0, 0.1) is 0 Å². The zero-order valence-corrected chi connectivity index (χ0v) is 8.54. The van der Waals surface area contributed by atoms with Crippen LogP contribution in [-0.4, -0.2) is 28.8 Å². The van der Waals surface area contributed by atoms with Crippen molar-refractivity contribution in [1.82, 2.24) is 5.32 Å². The highest BCUT2D eigenvalue weighted by Crippen LogP contribution is 1.88. The molecule has 2 atom stereocenters. The van der Waals surface area contributed by atoms with Crippen LogP contribution >= 0.6 is 0 Å². The van der Waals surface area contributed by atoms with Gasteiger partial charge in [0.05, 0.1) is 0 Å². The number of hydrogen-bond donors (Lipinski definition) is 1. The van der Waals surface area contributed by atoms with Crippen LogP contribution in [0.15, 0.2) is 0 Å². The van der Waals surface area contributed by atoms with Crippen LogP contribution in [0.5, 0.6) is 0 Å². The van der Waals surface area contributed by atoms with Gasteiger partial charge < -0.3 is 5.32 Å². The molecule has 0 aromatic heterocycles. The normalized spacial score (nSPS) is 16.3. The molecule has 0 heterocycles. The van der Waals surface area contributed by atoms with E-state index in [0.29, 0.717) is 6.04 Å². The summed E-state index contributed by atoms with van der Waals surface area (Å²) in [5.74, 6) is 0.823. The van der Waals surface area contributed by atoms with Crippen molar-refractivity contribution in [1.29, 1.82) is 0 Å². The largest absolute Gasteiger partial charge is 0.314 e. The molecule has 3 heteroatoms. The second kappa shape index (κ2) is 6.80. The molecule has 2 nitrogen and oxygen atoms in total. The monoisotopic (exact) mass is 177 g/mol.